The number of amides is 2. The molecule has 0 aliphatic heterocycles. The highest BCUT2D eigenvalue weighted by Gasteiger charge is 2.15. The maximum absolute atomic E-state index is 11.9. The van der Waals surface area contributed by atoms with Crippen molar-refractivity contribution in [3.05, 3.63) is 51.5 Å². The highest BCUT2D eigenvalue weighted by molar-refractivity contribution is 7.11. The number of hydrogen-bond acceptors (Lipinski definition) is 4. The zero-order chi connectivity index (χ0) is 16.1. The molecule has 2 unspecified atom stereocenters. The van der Waals surface area contributed by atoms with Gasteiger partial charge in [0.15, 0.2) is 0 Å². The number of aromatic nitrogens is 1. The molecule has 3 N–H and O–H groups in total. The molecule has 0 bridgehead atoms. The van der Waals surface area contributed by atoms with Gasteiger partial charge in [-0.05, 0) is 31.9 Å². The lowest BCUT2D eigenvalue weighted by Gasteiger charge is -2.16. The number of hydrogen-bond donors (Lipinski definition) is 3. The molecule has 2 atom stereocenters. The molecular weight excluding hydrogens is 298 g/mol. The van der Waals surface area contributed by atoms with E-state index in [9.17, 15) is 9.90 Å². The van der Waals surface area contributed by atoms with Gasteiger partial charge in [-0.15, -0.1) is 11.3 Å². The first kappa shape index (κ1) is 16.5. The smallest absolute Gasteiger partial charge is 0.315 e. The van der Waals surface area contributed by atoms with Gasteiger partial charge in [0, 0.05) is 17.6 Å². The van der Waals surface area contributed by atoms with Crippen molar-refractivity contribution in [2.24, 2.45) is 0 Å². The predicted molar refractivity (Wildman–Crippen MR) is 87.9 cm³/mol. The van der Waals surface area contributed by atoms with Crippen LogP contribution in [-0.4, -0.2) is 22.7 Å². The molecule has 1 heterocycles. The number of aryl methyl sites for hydroxylation is 2. The molecule has 0 aliphatic carbocycles. The van der Waals surface area contributed by atoms with Crippen LogP contribution in [0.5, 0.6) is 0 Å². The second kappa shape index (κ2) is 7.38. The van der Waals surface area contributed by atoms with Crippen LogP contribution < -0.4 is 10.6 Å². The molecule has 0 fully saturated rings. The van der Waals surface area contributed by atoms with Crippen molar-refractivity contribution in [2.45, 2.75) is 32.9 Å². The largest absolute Gasteiger partial charge is 0.387 e. The van der Waals surface area contributed by atoms with Crippen LogP contribution in [0.4, 0.5) is 4.79 Å². The first-order valence-corrected chi connectivity index (χ1v) is 7.99. The molecule has 0 spiro atoms. The zero-order valence-corrected chi connectivity index (χ0v) is 13.8. The molecule has 1 aromatic carbocycles. The van der Waals surface area contributed by atoms with Gasteiger partial charge >= 0.3 is 6.03 Å². The molecule has 1 aromatic heterocycles. The molecule has 6 heteroatoms. The molecule has 5 nitrogen and oxygen atoms in total. The maximum Gasteiger partial charge on any atom is 0.315 e. The van der Waals surface area contributed by atoms with E-state index in [0.717, 1.165) is 21.0 Å². The van der Waals surface area contributed by atoms with Gasteiger partial charge < -0.3 is 15.7 Å². The number of aliphatic hydroxyl groups is 1. The van der Waals surface area contributed by atoms with E-state index >= 15 is 0 Å². The van der Waals surface area contributed by atoms with Gasteiger partial charge in [-0.25, -0.2) is 9.78 Å². The Labute approximate surface area is 134 Å². The van der Waals surface area contributed by atoms with Crippen molar-refractivity contribution in [1.82, 2.24) is 15.6 Å². The van der Waals surface area contributed by atoms with E-state index in [-0.39, 0.29) is 18.6 Å². The van der Waals surface area contributed by atoms with Crippen molar-refractivity contribution in [3.63, 3.8) is 0 Å². The Hall–Kier alpha value is -1.92. The van der Waals surface area contributed by atoms with Gasteiger partial charge in [-0.1, -0.05) is 24.3 Å². The summed E-state index contributed by atoms with van der Waals surface area (Å²) in [6, 6.07) is 7.12. The molecular formula is C16H21N3O2S. The molecule has 0 saturated carbocycles. The Bertz CT molecular complexity index is 642. The van der Waals surface area contributed by atoms with Crippen LogP contribution in [0.15, 0.2) is 30.5 Å². The first-order valence-electron chi connectivity index (χ1n) is 7.17. The molecule has 0 radical (unpaired) electrons. The third kappa shape index (κ3) is 4.29. The lowest BCUT2D eigenvalue weighted by Crippen LogP contribution is -2.39. The van der Waals surface area contributed by atoms with Crippen LogP contribution in [0, 0.1) is 13.8 Å². The summed E-state index contributed by atoms with van der Waals surface area (Å²) in [7, 11) is 0. The fourth-order valence-corrected chi connectivity index (χ4v) is 2.92. The van der Waals surface area contributed by atoms with Crippen LogP contribution in [0.3, 0.4) is 0 Å². The van der Waals surface area contributed by atoms with E-state index in [4.69, 9.17) is 0 Å². The van der Waals surface area contributed by atoms with Crippen molar-refractivity contribution < 1.29 is 9.90 Å². The van der Waals surface area contributed by atoms with Crippen LogP contribution in [0.25, 0.3) is 0 Å². The molecule has 22 heavy (non-hydrogen) atoms. The predicted octanol–water partition coefficient (Wildman–Crippen LogP) is 2.85. The number of thiazole rings is 1. The summed E-state index contributed by atoms with van der Waals surface area (Å²) in [5, 5.41) is 16.5. The van der Waals surface area contributed by atoms with Gasteiger partial charge in [0.1, 0.15) is 5.01 Å². The fourth-order valence-electron chi connectivity index (χ4n) is 2.14. The Morgan fingerprint density at radius 3 is 2.73 bits per heavy atom. The minimum Gasteiger partial charge on any atom is -0.387 e. The van der Waals surface area contributed by atoms with E-state index in [1.54, 1.807) is 17.5 Å². The topological polar surface area (TPSA) is 74.2 Å². The summed E-state index contributed by atoms with van der Waals surface area (Å²) in [6.07, 6.45) is 1.07. The number of carbonyl (C=O) groups is 1. The van der Waals surface area contributed by atoms with Gasteiger partial charge in [-0.2, -0.15) is 0 Å². The number of rotatable bonds is 5. The number of benzene rings is 1. The summed E-state index contributed by atoms with van der Waals surface area (Å²) in [5.74, 6) is 0. The van der Waals surface area contributed by atoms with E-state index in [1.165, 1.54) is 0 Å². The van der Waals surface area contributed by atoms with Crippen molar-refractivity contribution in [3.8, 4) is 0 Å². The molecule has 2 amide bonds. The minimum atomic E-state index is -0.718. The van der Waals surface area contributed by atoms with Crippen LogP contribution in [0.1, 0.15) is 40.1 Å². The number of urea groups is 1. The lowest BCUT2D eigenvalue weighted by molar-refractivity contribution is 0.172. The molecule has 0 saturated heterocycles. The summed E-state index contributed by atoms with van der Waals surface area (Å²) >= 11 is 1.56. The van der Waals surface area contributed by atoms with E-state index in [2.05, 4.69) is 15.6 Å². The summed E-state index contributed by atoms with van der Waals surface area (Å²) in [6.45, 7) is 5.97. The van der Waals surface area contributed by atoms with Crippen molar-refractivity contribution >= 4 is 17.4 Å². The molecule has 2 rings (SSSR count). The molecule has 2 aromatic rings. The first-order chi connectivity index (χ1) is 10.5. The Balaban J connectivity index is 1.84. The third-order valence-corrected chi connectivity index (χ3v) is 4.46. The van der Waals surface area contributed by atoms with Crippen LogP contribution in [0.2, 0.25) is 0 Å². The maximum atomic E-state index is 11.9. The SMILES string of the molecule is Cc1cnc(C(C)NC(=O)NCC(O)c2ccccc2C)s1. The number of aliphatic hydroxyl groups excluding tert-OH is 1. The second-order valence-electron chi connectivity index (χ2n) is 5.26. The van der Waals surface area contributed by atoms with Gasteiger partial charge in [0.2, 0.25) is 0 Å². The molecule has 0 aliphatic rings. The summed E-state index contributed by atoms with van der Waals surface area (Å²) in [5.41, 5.74) is 1.83. The Morgan fingerprint density at radius 2 is 2.09 bits per heavy atom. The second-order valence-corrected chi connectivity index (χ2v) is 6.52. The molecule has 118 valence electrons. The highest BCUT2D eigenvalue weighted by atomic mass is 32.1. The summed E-state index contributed by atoms with van der Waals surface area (Å²) in [4.78, 5) is 17.3. The zero-order valence-electron chi connectivity index (χ0n) is 13.0. The van der Waals surface area contributed by atoms with Crippen LogP contribution >= 0.6 is 11.3 Å². The van der Waals surface area contributed by atoms with Gasteiger partial charge in [-0.3, -0.25) is 0 Å². The number of carbonyl (C=O) groups excluding carboxylic acids is 1. The lowest BCUT2D eigenvalue weighted by atomic mass is 10.0. The highest BCUT2D eigenvalue weighted by Crippen LogP contribution is 2.19. The normalized spacial score (nSPS) is 13.5. The monoisotopic (exact) mass is 319 g/mol. The Kier molecular flexibility index (Phi) is 5.51. The van der Waals surface area contributed by atoms with E-state index in [0.29, 0.717) is 0 Å². The van der Waals surface area contributed by atoms with Crippen LogP contribution in [-0.2, 0) is 0 Å². The standard InChI is InChI=1S/C16H21N3O2S/c1-10-6-4-5-7-13(10)14(20)9-18-16(21)19-12(3)15-17-8-11(2)22-15/h4-8,12,14,20H,9H2,1-3H3,(H2,18,19,21). The minimum absolute atomic E-state index is 0.158. The average molecular weight is 319 g/mol. The number of nitrogens with zero attached hydrogens (tertiary/aromatic N) is 1. The van der Waals surface area contributed by atoms with Gasteiger partial charge in [0.25, 0.3) is 0 Å². The van der Waals surface area contributed by atoms with Gasteiger partial charge in [0.05, 0.1) is 12.1 Å². The van der Waals surface area contributed by atoms with Crippen molar-refractivity contribution in [2.75, 3.05) is 6.54 Å². The average Bonchev–Trinajstić information content (AvgIpc) is 2.92. The Morgan fingerprint density at radius 1 is 1.36 bits per heavy atom. The number of nitrogens with one attached hydrogen (secondary N) is 2. The van der Waals surface area contributed by atoms with E-state index in [1.807, 2.05) is 45.0 Å². The third-order valence-electron chi connectivity index (χ3n) is 3.36. The quantitative estimate of drug-likeness (QED) is 0.793. The van der Waals surface area contributed by atoms with E-state index < -0.39 is 6.10 Å². The van der Waals surface area contributed by atoms with Crippen molar-refractivity contribution in [1.29, 1.82) is 0 Å². The fraction of sp³-hybridized carbons (Fsp3) is 0.375. The summed E-state index contributed by atoms with van der Waals surface area (Å²) < 4.78 is 0.